The van der Waals surface area contributed by atoms with Crippen LogP contribution in [0.5, 0.6) is 0 Å². The number of nitrogens with zero attached hydrogens (tertiary/aromatic N) is 2. The molecule has 0 radical (unpaired) electrons. The molecule has 0 spiro atoms. The van der Waals surface area contributed by atoms with Crippen LogP contribution in [0.2, 0.25) is 0 Å². The van der Waals surface area contributed by atoms with E-state index in [1.165, 1.54) is 27.8 Å². The summed E-state index contributed by atoms with van der Waals surface area (Å²) in [7, 11) is -3.61. The lowest BCUT2D eigenvalue weighted by atomic mass is 10.3. The largest absolute Gasteiger partial charge is 0.379 e. The van der Waals surface area contributed by atoms with Crippen LogP contribution in [-0.2, 0) is 21.3 Å². The van der Waals surface area contributed by atoms with Gasteiger partial charge in [-0.3, -0.25) is 4.79 Å². The van der Waals surface area contributed by atoms with Crippen LogP contribution in [0.25, 0.3) is 0 Å². The van der Waals surface area contributed by atoms with E-state index in [0.29, 0.717) is 37.0 Å². The number of hydrogen-bond acceptors (Lipinski definition) is 7. The van der Waals surface area contributed by atoms with Crippen LogP contribution >= 0.6 is 11.3 Å². The maximum Gasteiger partial charge on any atom is 0.275 e. The highest BCUT2D eigenvalue weighted by atomic mass is 32.2. The van der Waals surface area contributed by atoms with Gasteiger partial charge in [0.15, 0.2) is 0 Å². The quantitative estimate of drug-likeness (QED) is 0.793. The molecule has 25 heavy (non-hydrogen) atoms. The molecule has 0 bridgehead atoms. The molecule has 2 aromatic rings. The van der Waals surface area contributed by atoms with Crippen molar-refractivity contribution in [2.75, 3.05) is 31.6 Å². The molecule has 0 atom stereocenters. The molecule has 0 aliphatic carbocycles. The highest BCUT2D eigenvalue weighted by Crippen LogP contribution is 2.21. The highest BCUT2D eigenvalue weighted by Gasteiger charge is 2.26. The summed E-state index contributed by atoms with van der Waals surface area (Å²) >= 11 is 1.30. The van der Waals surface area contributed by atoms with E-state index < -0.39 is 15.9 Å². The van der Waals surface area contributed by atoms with E-state index in [4.69, 9.17) is 10.5 Å². The molecule has 3 N–H and O–H groups in total. The summed E-state index contributed by atoms with van der Waals surface area (Å²) in [6.07, 6.45) is 0. The monoisotopic (exact) mass is 382 g/mol. The third-order valence-electron chi connectivity index (χ3n) is 3.66. The van der Waals surface area contributed by atoms with E-state index in [0.717, 1.165) is 0 Å². The van der Waals surface area contributed by atoms with Crippen molar-refractivity contribution in [2.24, 2.45) is 5.73 Å². The van der Waals surface area contributed by atoms with Crippen molar-refractivity contribution in [3.63, 3.8) is 0 Å². The van der Waals surface area contributed by atoms with Gasteiger partial charge in [0.2, 0.25) is 10.0 Å². The fourth-order valence-corrected chi connectivity index (χ4v) is 4.48. The maximum atomic E-state index is 12.7. The number of sulfonamides is 1. The van der Waals surface area contributed by atoms with E-state index in [9.17, 15) is 13.2 Å². The number of benzene rings is 1. The average Bonchev–Trinajstić information content (AvgIpc) is 3.12. The summed E-state index contributed by atoms with van der Waals surface area (Å²) in [4.78, 5) is 16.5. The molecule has 1 fully saturated rings. The molecule has 1 saturated heterocycles. The van der Waals surface area contributed by atoms with Crippen LogP contribution in [0.3, 0.4) is 0 Å². The zero-order valence-corrected chi connectivity index (χ0v) is 15.0. The number of carbonyl (C=O) groups is 1. The number of thiazole rings is 1. The molecule has 10 heteroatoms. The highest BCUT2D eigenvalue weighted by molar-refractivity contribution is 7.89. The van der Waals surface area contributed by atoms with E-state index >= 15 is 0 Å². The van der Waals surface area contributed by atoms with Crippen LogP contribution in [0, 0.1) is 0 Å². The summed E-state index contributed by atoms with van der Waals surface area (Å²) in [6, 6.07) is 6.18. The van der Waals surface area contributed by atoms with Crippen LogP contribution in [-0.4, -0.2) is 49.9 Å². The SMILES string of the molecule is NCc1nc(C(=O)Nc2cccc(S(=O)(=O)N3CCOCC3)c2)cs1. The standard InChI is InChI=1S/C15H18N4O4S2/c16-9-14-18-13(10-24-14)15(20)17-11-2-1-3-12(8-11)25(21,22)19-4-6-23-7-5-19/h1-3,8,10H,4-7,9,16H2,(H,17,20). The Balaban J connectivity index is 1.78. The molecule has 1 amide bonds. The summed E-state index contributed by atoms with van der Waals surface area (Å²) in [5.41, 5.74) is 6.14. The van der Waals surface area contributed by atoms with Crippen molar-refractivity contribution in [1.29, 1.82) is 0 Å². The summed E-state index contributed by atoms with van der Waals surface area (Å²) in [6.45, 7) is 1.66. The van der Waals surface area contributed by atoms with Crippen molar-refractivity contribution in [3.05, 3.63) is 40.3 Å². The lowest BCUT2D eigenvalue weighted by molar-refractivity contribution is 0.0730. The zero-order valence-electron chi connectivity index (χ0n) is 13.3. The Morgan fingerprint density at radius 3 is 2.80 bits per heavy atom. The van der Waals surface area contributed by atoms with Crippen molar-refractivity contribution in [1.82, 2.24) is 9.29 Å². The molecular formula is C15H18N4O4S2. The van der Waals surface area contributed by atoms with Gasteiger partial charge in [-0.1, -0.05) is 6.07 Å². The molecule has 3 rings (SSSR count). The topological polar surface area (TPSA) is 115 Å². The number of anilines is 1. The molecule has 8 nitrogen and oxygen atoms in total. The predicted molar refractivity (Wildman–Crippen MR) is 94.0 cm³/mol. The first-order chi connectivity index (χ1) is 12.0. The molecule has 0 unspecified atom stereocenters. The predicted octanol–water partition coefficient (Wildman–Crippen LogP) is 0.875. The van der Waals surface area contributed by atoms with Gasteiger partial charge in [0, 0.05) is 30.7 Å². The third-order valence-corrected chi connectivity index (χ3v) is 6.42. The van der Waals surface area contributed by atoms with E-state index in [-0.39, 0.29) is 17.1 Å². The minimum Gasteiger partial charge on any atom is -0.379 e. The van der Waals surface area contributed by atoms with E-state index in [1.807, 2.05) is 0 Å². The van der Waals surface area contributed by atoms with Crippen LogP contribution in [0.1, 0.15) is 15.5 Å². The third kappa shape index (κ3) is 4.05. The number of morpholine rings is 1. The van der Waals surface area contributed by atoms with E-state index in [2.05, 4.69) is 10.3 Å². The van der Waals surface area contributed by atoms with Gasteiger partial charge >= 0.3 is 0 Å². The van der Waals surface area contributed by atoms with Gasteiger partial charge < -0.3 is 15.8 Å². The first-order valence-electron chi connectivity index (χ1n) is 7.64. The van der Waals surface area contributed by atoms with Crippen LogP contribution in [0.15, 0.2) is 34.5 Å². The number of rotatable bonds is 5. The van der Waals surface area contributed by atoms with Crippen molar-refractivity contribution in [3.8, 4) is 0 Å². The Morgan fingerprint density at radius 1 is 1.36 bits per heavy atom. The van der Waals surface area contributed by atoms with Crippen molar-refractivity contribution >= 4 is 33.0 Å². The second kappa shape index (κ2) is 7.58. The lowest BCUT2D eigenvalue weighted by Gasteiger charge is -2.26. The molecule has 1 aliphatic heterocycles. The lowest BCUT2D eigenvalue weighted by Crippen LogP contribution is -2.40. The Labute approximate surface area is 149 Å². The van der Waals surface area contributed by atoms with Gasteiger partial charge in [-0.15, -0.1) is 11.3 Å². The average molecular weight is 382 g/mol. The smallest absolute Gasteiger partial charge is 0.275 e. The number of nitrogens with two attached hydrogens (primary N) is 1. The first-order valence-corrected chi connectivity index (χ1v) is 9.96. The summed E-state index contributed by atoms with van der Waals surface area (Å²) in [5, 5.41) is 4.95. The minimum absolute atomic E-state index is 0.133. The summed E-state index contributed by atoms with van der Waals surface area (Å²) < 4.78 is 31.9. The van der Waals surface area contributed by atoms with Gasteiger partial charge in [-0.2, -0.15) is 4.31 Å². The normalized spacial score (nSPS) is 15.9. The zero-order chi connectivity index (χ0) is 17.9. The number of carbonyl (C=O) groups excluding carboxylic acids is 1. The fourth-order valence-electron chi connectivity index (χ4n) is 2.37. The van der Waals surface area contributed by atoms with Gasteiger partial charge in [-0.05, 0) is 18.2 Å². The van der Waals surface area contributed by atoms with Crippen LogP contribution in [0.4, 0.5) is 5.69 Å². The molecule has 1 aliphatic rings. The Bertz CT molecular complexity index is 860. The Hall–Kier alpha value is -1.85. The Morgan fingerprint density at radius 2 is 2.12 bits per heavy atom. The number of hydrogen-bond donors (Lipinski definition) is 2. The van der Waals surface area contributed by atoms with Gasteiger partial charge in [0.1, 0.15) is 10.7 Å². The number of nitrogens with one attached hydrogen (secondary N) is 1. The molecule has 0 saturated carbocycles. The second-order valence-corrected chi connectivity index (χ2v) is 8.21. The minimum atomic E-state index is -3.61. The van der Waals surface area contributed by atoms with E-state index in [1.54, 1.807) is 17.5 Å². The number of amides is 1. The number of ether oxygens (including phenoxy) is 1. The van der Waals surface area contributed by atoms with Gasteiger partial charge in [-0.25, -0.2) is 13.4 Å². The molecule has 134 valence electrons. The molecule has 1 aromatic carbocycles. The Kier molecular flexibility index (Phi) is 5.45. The van der Waals surface area contributed by atoms with Crippen LogP contribution < -0.4 is 11.1 Å². The fraction of sp³-hybridized carbons (Fsp3) is 0.333. The summed E-state index contributed by atoms with van der Waals surface area (Å²) in [5.74, 6) is -0.406. The van der Waals surface area contributed by atoms with Crippen molar-refractivity contribution in [2.45, 2.75) is 11.4 Å². The molecule has 1 aromatic heterocycles. The molecule has 2 heterocycles. The molecular weight excluding hydrogens is 364 g/mol. The van der Waals surface area contributed by atoms with Crippen molar-refractivity contribution < 1.29 is 17.9 Å². The first kappa shape index (κ1) is 18.0. The van der Waals surface area contributed by atoms with Gasteiger partial charge in [0.05, 0.1) is 18.1 Å². The van der Waals surface area contributed by atoms with Gasteiger partial charge in [0.25, 0.3) is 5.91 Å². The maximum absolute atomic E-state index is 12.7. The second-order valence-electron chi connectivity index (χ2n) is 5.33. The number of aromatic nitrogens is 1.